The summed E-state index contributed by atoms with van der Waals surface area (Å²) in [5.74, 6) is 1.65. The fourth-order valence-electron chi connectivity index (χ4n) is 3.58. The molecule has 1 unspecified atom stereocenters. The van der Waals surface area contributed by atoms with E-state index in [0.29, 0.717) is 11.0 Å². The third kappa shape index (κ3) is 4.33. The summed E-state index contributed by atoms with van der Waals surface area (Å²) in [6.45, 7) is 3.63. The SMILES string of the molecule is COc1ccc(-n2c(SC(C)C(=O)N3CCCCC3)nnc2-c2ccncc2)cc1. The lowest BCUT2D eigenvalue weighted by atomic mass is 10.1. The zero-order valence-electron chi connectivity index (χ0n) is 17.2. The highest BCUT2D eigenvalue weighted by Crippen LogP contribution is 2.31. The van der Waals surface area contributed by atoms with Crippen molar-refractivity contribution in [3.05, 3.63) is 48.8 Å². The van der Waals surface area contributed by atoms with E-state index in [1.807, 2.05) is 52.8 Å². The number of amides is 1. The molecule has 2 aromatic heterocycles. The van der Waals surface area contributed by atoms with Gasteiger partial charge in [-0.15, -0.1) is 10.2 Å². The number of nitrogens with zero attached hydrogens (tertiary/aromatic N) is 5. The van der Waals surface area contributed by atoms with E-state index < -0.39 is 0 Å². The number of likely N-dealkylation sites (tertiary alicyclic amines) is 1. The summed E-state index contributed by atoms with van der Waals surface area (Å²) in [6.07, 6.45) is 6.83. The first-order valence-corrected chi connectivity index (χ1v) is 11.0. The molecule has 156 valence electrons. The zero-order valence-corrected chi connectivity index (χ0v) is 18.0. The molecule has 3 heterocycles. The lowest BCUT2D eigenvalue weighted by Crippen LogP contribution is -2.40. The minimum Gasteiger partial charge on any atom is -0.497 e. The quantitative estimate of drug-likeness (QED) is 0.561. The highest BCUT2D eigenvalue weighted by Gasteiger charge is 2.26. The first-order chi connectivity index (χ1) is 14.7. The number of hydrogen-bond acceptors (Lipinski definition) is 6. The van der Waals surface area contributed by atoms with Gasteiger partial charge in [0, 0.05) is 36.7 Å². The molecule has 1 fully saturated rings. The van der Waals surface area contributed by atoms with Gasteiger partial charge >= 0.3 is 0 Å². The average Bonchev–Trinajstić information content (AvgIpc) is 3.23. The molecule has 1 amide bonds. The van der Waals surface area contributed by atoms with E-state index in [0.717, 1.165) is 42.9 Å². The van der Waals surface area contributed by atoms with E-state index in [1.54, 1.807) is 19.5 Å². The lowest BCUT2D eigenvalue weighted by molar-refractivity contribution is -0.131. The Morgan fingerprint density at radius 2 is 1.73 bits per heavy atom. The van der Waals surface area contributed by atoms with Gasteiger partial charge in [0.1, 0.15) is 5.75 Å². The lowest BCUT2D eigenvalue weighted by Gasteiger charge is -2.28. The summed E-state index contributed by atoms with van der Waals surface area (Å²) in [7, 11) is 1.64. The molecule has 4 rings (SSSR count). The molecule has 0 N–H and O–H groups in total. The summed E-state index contributed by atoms with van der Waals surface area (Å²) >= 11 is 1.44. The van der Waals surface area contributed by atoms with Gasteiger partial charge in [-0.25, -0.2) is 0 Å². The third-order valence-corrected chi connectivity index (χ3v) is 6.23. The van der Waals surface area contributed by atoms with E-state index in [2.05, 4.69) is 15.2 Å². The maximum absolute atomic E-state index is 12.9. The number of ether oxygens (including phenoxy) is 1. The van der Waals surface area contributed by atoms with E-state index in [9.17, 15) is 4.79 Å². The predicted molar refractivity (Wildman–Crippen MR) is 117 cm³/mol. The Hall–Kier alpha value is -2.87. The molecule has 30 heavy (non-hydrogen) atoms. The summed E-state index contributed by atoms with van der Waals surface area (Å²) in [4.78, 5) is 19.0. The maximum Gasteiger partial charge on any atom is 0.235 e. The number of benzene rings is 1. The summed E-state index contributed by atoms with van der Waals surface area (Å²) in [6, 6.07) is 11.6. The smallest absolute Gasteiger partial charge is 0.235 e. The molecule has 0 saturated carbocycles. The Morgan fingerprint density at radius 3 is 2.40 bits per heavy atom. The molecule has 0 radical (unpaired) electrons. The molecule has 7 nitrogen and oxygen atoms in total. The monoisotopic (exact) mass is 423 g/mol. The van der Waals surface area contributed by atoms with Gasteiger partial charge in [-0.3, -0.25) is 14.3 Å². The van der Waals surface area contributed by atoms with Crippen LogP contribution in [0.2, 0.25) is 0 Å². The van der Waals surface area contributed by atoms with Crippen molar-refractivity contribution in [2.24, 2.45) is 0 Å². The van der Waals surface area contributed by atoms with Crippen LogP contribution in [0.15, 0.2) is 53.9 Å². The first kappa shape index (κ1) is 20.4. The van der Waals surface area contributed by atoms with E-state index in [-0.39, 0.29) is 11.2 Å². The van der Waals surface area contributed by atoms with Crippen LogP contribution < -0.4 is 4.74 Å². The van der Waals surface area contributed by atoms with Crippen LogP contribution in [0.5, 0.6) is 5.75 Å². The fourth-order valence-corrected chi connectivity index (χ4v) is 4.53. The van der Waals surface area contributed by atoms with Crippen LogP contribution in [-0.4, -0.2) is 56.0 Å². The molecule has 3 aromatic rings. The topological polar surface area (TPSA) is 73.1 Å². The molecule has 1 atom stereocenters. The minimum absolute atomic E-state index is 0.162. The van der Waals surface area contributed by atoms with Crippen molar-refractivity contribution in [2.45, 2.75) is 36.6 Å². The van der Waals surface area contributed by atoms with E-state index in [4.69, 9.17) is 4.74 Å². The van der Waals surface area contributed by atoms with Gasteiger partial charge in [0.05, 0.1) is 12.4 Å². The van der Waals surface area contributed by atoms with E-state index in [1.165, 1.54) is 18.2 Å². The Bertz CT molecular complexity index is 985. The Morgan fingerprint density at radius 1 is 1.03 bits per heavy atom. The maximum atomic E-state index is 12.9. The molecular formula is C22H25N5O2S. The highest BCUT2D eigenvalue weighted by atomic mass is 32.2. The molecule has 0 bridgehead atoms. The number of carbonyl (C=O) groups is 1. The number of aromatic nitrogens is 4. The van der Waals surface area contributed by atoms with Crippen LogP contribution in [0.4, 0.5) is 0 Å². The number of pyridine rings is 1. The molecule has 0 aliphatic carbocycles. The Kier molecular flexibility index (Phi) is 6.32. The van der Waals surface area contributed by atoms with Crippen LogP contribution in [0.25, 0.3) is 17.1 Å². The Labute approximate surface area is 180 Å². The second kappa shape index (κ2) is 9.30. The molecular weight excluding hydrogens is 398 g/mol. The van der Waals surface area contributed by atoms with Crippen molar-refractivity contribution >= 4 is 17.7 Å². The van der Waals surface area contributed by atoms with Crippen LogP contribution in [0, 0.1) is 0 Å². The number of methoxy groups -OCH3 is 1. The van der Waals surface area contributed by atoms with Crippen LogP contribution in [-0.2, 0) is 4.79 Å². The molecule has 1 saturated heterocycles. The van der Waals surface area contributed by atoms with Crippen molar-refractivity contribution < 1.29 is 9.53 Å². The van der Waals surface area contributed by atoms with Crippen molar-refractivity contribution in [1.82, 2.24) is 24.6 Å². The van der Waals surface area contributed by atoms with Crippen LogP contribution >= 0.6 is 11.8 Å². The molecule has 8 heteroatoms. The van der Waals surface area contributed by atoms with Gasteiger partial charge in [0.2, 0.25) is 5.91 Å². The van der Waals surface area contributed by atoms with Gasteiger partial charge in [-0.2, -0.15) is 0 Å². The largest absolute Gasteiger partial charge is 0.497 e. The van der Waals surface area contributed by atoms with E-state index >= 15 is 0 Å². The summed E-state index contributed by atoms with van der Waals surface area (Å²) in [5, 5.41) is 9.31. The van der Waals surface area contributed by atoms with Crippen molar-refractivity contribution in [1.29, 1.82) is 0 Å². The van der Waals surface area contributed by atoms with Gasteiger partial charge in [-0.05, 0) is 62.6 Å². The number of rotatable bonds is 6. The first-order valence-electron chi connectivity index (χ1n) is 10.1. The molecule has 1 aliphatic rings. The third-order valence-electron chi connectivity index (χ3n) is 5.20. The Balaban J connectivity index is 1.67. The number of carbonyl (C=O) groups excluding carboxylic acids is 1. The van der Waals surface area contributed by atoms with Crippen LogP contribution in [0.3, 0.4) is 0 Å². The second-order valence-electron chi connectivity index (χ2n) is 7.22. The molecule has 1 aliphatic heterocycles. The molecule has 1 aromatic carbocycles. The van der Waals surface area contributed by atoms with Gasteiger partial charge in [-0.1, -0.05) is 11.8 Å². The summed E-state index contributed by atoms with van der Waals surface area (Å²) < 4.78 is 7.28. The highest BCUT2D eigenvalue weighted by molar-refractivity contribution is 8.00. The van der Waals surface area contributed by atoms with Gasteiger partial charge in [0.25, 0.3) is 0 Å². The number of hydrogen-bond donors (Lipinski definition) is 0. The van der Waals surface area contributed by atoms with Crippen LogP contribution in [0.1, 0.15) is 26.2 Å². The minimum atomic E-state index is -0.241. The number of thioether (sulfide) groups is 1. The summed E-state index contributed by atoms with van der Waals surface area (Å²) in [5.41, 5.74) is 1.82. The van der Waals surface area contributed by atoms with Crippen molar-refractivity contribution in [3.63, 3.8) is 0 Å². The van der Waals surface area contributed by atoms with Crippen molar-refractivity contribution in [2.75, 3.05) is 20.2 Å². The normalized spacial score (nSPS) is 15.1. The number of piperidine rings is 1. The zero-order chi connectivity index (χ0) is 20.9. The predicted octanol–water partition coefficient (Wildman–Crippen LogP) is 3.83. The standard InChI is InChI=1S/C22H25N5O2S/c1-16(21(28)26-14-4-3-5-15-26)30-22-25-24-20(17-10-12-23-13-11-17)27(22)18-6-8-19(29-2)9-7-18/h6-13,16H,3-5,14-15H2,1-2H3. The van der Waals surface area contributed by atoms with Crippen molar-refractivity contribution in [3.8, 4) is 22.8 Å². The van der Waals surface area contributed by atoms with Gasteiger partial charge < -0.3 is 9.64 Å². The fraction of sp³-hybridized carbons (Fsp3) is 0.364. The second-order valence-corrected chi connectivity index (χ2v) is 8.53. The van der Waals surface area contributed by atoms with Gasteiger partial charge in [0.15, 0.2) is 11.0 Å². The molecule has 0 spiro atoms. The average molecular weight is 424 g/mol.